The first kappa shape index (κ1) is 6.51. The molecule has 0 radical (unpaired) electrons. The molecule has 3 aliphatic rings. The van der Waals surface area contributed by atoms with Crippen molar-refractivity contribution in [2.75, 3.05) is 0 Å². The van der Waals surface area contributed by atoms with Gasteiger partial charge in [-0.2, -0.15) is 0 Å². The molecule has 62 valence electrons. The van der Waals surface area contributed by atoms with Crippen LogP contribution in [0.5, 0.6) is 0 Å². The molecule has 0 aromatic rings. The summed E-state index contributed by atoms with van der Waals surface area (Å²) in [6, 6.07) is 0. The topological polar surface area (TPSA) is 0 Å². The first-order valence-electron chi connectivity index (χ1n) is 5.37. The Morgan fingerprint density at radius 3 is 1.45 bits per heavy atom. The summed E-state index contributed by atoms with van der Waals surface area (Å²) in [6.45, 7) is 0. The van der Waals surface area contributed by atoms with Crippen molar-refractivity contribution in [2.45, 2.75) is 57.8 Å². The molecule has 0 nitrogen and oxygen atoms in total. The van der Waals surface area contributed by atoms with Crippen molar-refractivity contribution in [3.05, 3.63) is 0 Å². The third-order valence-electron chi connectivity index (χ3n) is 4.80. The minimum Gasteiger partial charge on any atom is -0.0533 e. The molecule has 0 aromatic heterocycles. The van der Waals surface area contributed by atoms with Gasteiger partial charge in [0.1, 0.15) is 0 Å². The molecule has 0 saturated heterocycles. The largest absolute Gasteiger partial charge is 0.0533 e. The van der Waals surface area contributed by atoms with E-state index in [2.05, 4.69) is 0 Å². The summed E-state index contributed by atoms with van der Waals surface area (Å²) < 4.78 is 0. The van der Waals surface area contributed by atoms with Gasteiger partial charge in [0.2, 0.25) is 0 Å². The lowest BCUT2D eigenvalue weighted by Gasteiger charge is -2.35. The zero-order chi connectivity index (χ0) is 7.36. The molecule has 3 fully saturated rings. The predicted octanol–water partition coefficient (Wildman–Crippen LogP) is 3.51. The van der Waals surface area contributed by atoms with Crippen molar-refractivity contribution in [1.29, 1.82) is 0 Å². The van der Waals surface area contributed by atoms with Crippen molar-refractivity contribution < 1.29 is 0 Å². The Kier molecular flexibility index (Phi) is 1.09. The molecule has 2 spiro atoms. The lowest BCUT2D eigenvalue weighted by atomic mass is 9.70. The van der Waals surface area contributed by atoms with E-state index in [0.717, 1.165) is 10.8 Å². The van der Waals surface area contributed by atoms with Crippen LogP contribution in [0, 0.1) is 10.8 Å². The molecule has 11 heavy (non-hydrogen) atoms. The summed E-state index contributed by atoms with van der Waals surface area (Å²) in [7, 11) is 0. The van der Waals surface area contributed by atoms with Gasteiger partial charge >= 0.3 is 0 Å². The summed E-state index contributed by atoms with van der Waals surface area (Å²) in [6.07, 6.45) is 14.1. The summed E-state index contributed by atoms with van der Waals surface area (Å²) in [5.74, 6) is 0. The van der Waals surface area contributed by atoms with Gasteiger partial charge in [-0.1, -0.05) is 25.7 Å². The average molecular weight is 150 g/mol. The molecule has 0 unspecified atom stereocenters. The van der Waals surface area contributed by atoms with Gasteiger partial charge in [0.05, 0.1) is 0 Å². The van der Waals surface area contributed by atoms with Crippen LogP contribution in [-0.4, -0.2) is 0 Å². The van der Waals surface area contributed by atoms with Crippen LogP contribution in [0.25, 0.3) is 0 Å². The van der Waals surface area contributed by atoms with Crippen molar-refractivity contribution in [2.24, 2.45) is 10.8 Å². The van der Waals surface area contributed by atoms with E-state index in [1.54, 1.807) is 51.4 Å². The normalized spacial score (nSPS) is 37.1. The first-order valence-corrected chi connectivity index (χ1v) is 5.37. The molecule has 0 heteroatoms. The number of hydrogen-bond acceptors (Lipinski definition) is 0. The monoisotopic (exact) mass is 150 g/mol. The van der Waals surface area contributed by atoms with Gasteiger partial charge in [0.25, 0.3) is 0 Å². The van der Waals surface area contributed by atoms with Crippen LogP contribution in [0.15, 0.2) is 0 Å². The lowest BCUT2D eigenvalue weighted by Crippen LogP contribution is -2.23. The summed E-state index contributed by atoms with van der Waals surface area (Å²) in [5.41, 5.74) is 1.86. The van der Waals surface area contributed by atoms with E-state index in [-0.39, 0.29) is 0 Å². The second kappa shape index (κ2) is 1.84. The molecular weight excluding hydrogens is 132 g/mol. The van der Waals surface area contributed by atoms with Crippen molar-refractivity contribution in [3.8, 4) is 0 Å². The summed E-state index contributed by atoms with van der Waals surface area (Å²) in [4.78, 5) is 0. The summed E-state index contributed by atoms with van der Waals surface area (Å²) >= 11 is 0. The first-order chi connectivity index (χ1) is 5.37. The van der Waals surface area contributed by atoms with Gasteiger partial charge in [0.15, 0.2) is 0 Å². The standard InChI is InChI=1S/C11H18/c1-2-5-10(6-3-1)9-11(10)7-4-8-11/h1-9H2. The Balaban J connectivity index is 1.77. The highest BCUT2D eigenvalue weighted by atomic mass is 14.7. The minimum absolute atomic E-state index is 0.920. The maximum Gasteiger partial charge on any atom is -0.0235 e. The fraction of sp³-hybridized carbons (Fsp3) is 1.00. The van der Waals surface area contributed by atoms with E-state index < -0.39 is 0 Å². The smallest absolute Gasteiger partial charge is 0.0235 e. The summed E-state index contributed by atoms with van der Waals surface area (Å²) in [5, 5.41) is 0. The lowest BCUT2D eigenvalue weighted by molar-refractivity contribution is 0.161. The molecule has 3 rings (SSSR count). The highest BCUT2D eigenvalue weighted by molar-refractivity contribution is 5.18. The zero-order valence-electron chi connectivity index (χ0n) is 7.36. The Labute approximate surface area is 69.4 Å². The molecular formula is C11H18. The SMILES string of the molecule is C1CCC2(CC1)CC21CCC1. The quantitative estimate of drug-likeness (QED) is 0.495. The van der Waals surface area contributed by atoms with E-state index in [1.807, 2.05) is 0 Å². The maximum atomic E-state index is 1.62. The van der Waals surface area contributed by atoms with E-state index in [4.69, 9.17) is 0 Å². The van der Waals surface area contributed by atoms with Crippen molar-refractivity contribution >= 4 is 0 Å². The second-order valence-corrected chi connectivity index (χ2v) is 5.15. The van der Waals surface area contributed by atoms with Gasteiger partial charge in [-0.15, -0.1) is 0 Å². The van der Waals surface area contributed by atoms with Crippen molar-refractivity contribution in [1.82, 2.24) is 0 Å². The van der Waals surface area contributed by atoms with E-state index in [9.17, 15) is 0 Å². The molecule has 3 aliphatic carbocycles. The molecule has 0 atom stereocenters. The Morgan fingerprint density at radius 1 is 0.545 bits per heavy atom. The molecule has 0 N–H and O–H groups in total. The fourth-order valence-corrected chi connectivity index (χ4v) is 3.85. The van der Waals surface area contributed by atoms with Gasteiger partial charge in [-0.3, -0.25) is 0 Å². The molecule has 3 saturated carbocycles. The second-order valence-electron chi connectivity index (χ2n) is 5.15. The fourth-order valence-electron chi connectivity index (χ4n) is 3.85. The molecule has 0 bridgehead atoms. The zero-order valence-corrected chi connectivity index (χ0v) is 7.36. The molecule has 0 aliphatic heterocycles. The number of fused-ring (bicyclic) bond motifs is 1. The Morgan fingerprint density at radius 2 is 1.09 bits per heavy atom. The van der Waals surface area contributed by atoms with Crippen LogP contribution in [0.1, 0.15) is 57.8 Å². The Hall–Kier alpha value is 0. The van der Waals surface area contributed by atoms with E-state index in [1.165, 1.54) is 6.42 Å². The van der Waals surface area contributed by atoms with Crippen LogP contribution in [0.4, 0.5) is 0 Å². The van der Waals surface area contributed by atoms with E-state index >= 15 is 0 Å². The van der Waals surface area contributed by atoms with Crippen LogP contribution >= 0.6 is 0 Å². The minimum atomic E-state index is 0.920. The third-order valence-corrected chi connectivity index (χ3v) is 4.80. The van der Waals surface area contributed by atoms with E-state index in [0.29, 0.717) is 0 Å². The number of hydrogen-bond donors (Lipinski definition) is 0. The van der Waals surface area contributed by atoms with Crippen LogP contribution in [0.3, 0.4) is 0 Å². The number of rotatable bonds is 0. The van der Waals surface area contributed by atoms with Gasteiger partial charge in [-0.25, -0.2) is 0 Å². The highest BCUT2D eigenvalue weighted by Crippen LogP contribution is 2.78. The molecule has 0 amide bonds. The molecule has 0 aromatic carbocycles. The van der Waals surface area contributed by atoms with Gasteiger partial charge in [-0.05, 0) is 42.9 Å². The van der Waals surface area contributed by atoms with Gasteiger partial charge < -0.3 is 0 Å². The molecule has 0 heterocycles. The van der Waals surface area contributed by atoms with Crippen LogP contribution in [0.2, 0.25) is 0 Å². The predicted molar refractivity (Wildman–Crippen MR) is 46.4 cm³/mol. The van der Waals surface area contributed by atoms with Gasteiger partial charge in [0, 0.05) is 0 Å². The highest BCUT2D eigenvalue weighted by Gasteiger charge is 2.68. The Bertz CT molecular complexity index is 165. The van der Waals surface area contributed by atoms with Crippen LogP contribution in [-0.2, 0) is 0 Å². The third kappa shape index (κ3) is 0.666. The maximum absolute atomic E-state index is 1.62. The average Bonchev–Trinajstić information content (AvgIpc) is 2.60. The van der Waals surface area contributed by atoms with Crippen molar-refractivity contribution in [3.63, 3.8) is 0 Å². The van der Waals surface area contributed by atoms with Crippen LogP contribution < -0.4 is 0 Å².